The van der Waals surface area contributed by atoms with Gasteiger partial charge in [0.25, 0.3) is 5.78 Å². The highest BCUT2D eigenvalue weighted by atomic mass is 32.1. The molecular weight excluding hydrogens is 298 g/mol. The first-order chi connectivity index (χ1) is 10.7. The summed E-state index contributed by atoms with van der Waals surface area (Å²) in [6.45, 7) is 2.84. The van der Waals surface area contributed by atoms with E-state index in [0.29, 0.717) is 23.0 Å². The van der Waals surface area contributed by atoms with Crippen LogP contribution in [0.15, 0.2) is 17.5 Å². The maximum Gasteiger partial charge on any atom is 0.256 e. The molecule has 0 aliphatic heterocycles. The molecule has 22 heavy (non-hydrogen) atoms. The van der Waals surface area contributed by atoms with Gasteiger partial charge >= 0.3 is 0 Å². The van der Waals surface area contributed by atoms with Crippen molar-refractivity contribution in [2.24, 2.45) is 0 Å². The van der Waals surface area contributed by atoms with Crippen molar-refractivity contribution in [2.75, 3.05) is 17.6 Å². The number of anilines is 2. The van der Waals surface area contributed by atoms with Gasteiger partial charge in [-0.2, -0.15) is 19.7 Å². The van der Waals surface area contributed by atoms with Crippen molar-refractivity contribution in [3.05, 3.63) is 23.1 Å². The Bertz CT molecular complexity index is 829. The Morgan fingerprint density at radius 3 is 3.00 bits per heavy atom. The Kier molecular flexibility index (Phi) is 3.89. The number of nitrogens with zero attached hydrogens (tertiary/aromatic N) is 5. The van der Waals surface area contributed by atoms with Crippen molar-refractivity contribution in [3.8, 4) is 16.8 Å². The second-order valence-electron chi connectivity index (χ2n) is 4.74. The lowest BCUT2D eigenvalue weighted by molar-refractivity contribution is 0.829. The highest BCUT2D eigenvalue weighted by Crippen LogP contribution is 2.25. The Labute approximate surface area is 131 Å². The van der Waals surface area contributed by atoms with Gasteiger partial charge in [-0.3, -0.25) is 0 Å². The molecule has 3 aromatic rings. The molecule has 0 amide bonds. The summed E-state index contributed by atoms with van der Waals surface area (Å²) in [5.41, 5.74) is 6.36. The molecule has 0 saturated carbocycles. The molecule has 0 atom stereocenters. The van der Waals surface area contributed by atoms with Crippen molar-refractivity contribution in [2.45, 2.75) is 19.8 Å². The monoisotopic (exact) mass is 313 g/mol. The lowest BCUT2D eigenvalue weighted by Crippen LogP contribution is -2.11. The molecule has 3 N–H and O–H groups in total. The third-order valence-corrected chi connectivity index (χ3v) is 4.06. The molecule has 0 saturated heterocycles. The van der Waals surface area contributed by atoms with Gasteiger partial charge in [-0.05, 0) is 17.9 Å². The second-order valence-corrected chi connectivity index (χ2v) is 5.68. The third kappa shape index (κ3) is 2.46. The summed E-state index contributed by atoms with van der Waals surface area (Å²) >= 11 is 1.54. The molecule has 112 valence electrons. The highest BCUT2D eigenvalue weighted by Gasteiger charge is 2.17. The smallest absolute Gasteiger partial charge is 0.256 e. The molecule has 0 spiro atoms. The summed E-state index contributed by atoms with van der Waals surface area (Å²) in [6.07, 6.45) is 2.05. The molecule has 3 rings (SSSR count). The minimum absolute atomic E-state index is 0.252. The van der Waals surface area contributed by atoms with Gasteiger partial charge in [-0.25, -0.2) is 0 Å². The number of unbranched alkanes of at least 4 members (excludes halogenated alkanes) is 1. The number of nitrogen functional groups attached to an aromatic ring is 1. The zero-order valence-electron chi connectivity index (χ0n) is 12.1. The first-order valence-electron chi connectivity index (χ1n) is 6.98. The van der Waals surface area contributed by atoms with E-state index in [0.717, 1.165) is 24.3 Å². The van der Waals surface area contributed by atoms with Crippen LogP contribution in [0, 0.1) is 11.3 Å². The molecule has 0 bridgehead atoms. The molecular formula is C14H15N7S. The quantitative estimate of drug-likeness (QED) is 0.701. The normalized spacial score (nSPS) is 10.7. The van der Waals surface area contributed by atoms with E-state index in [9.17, 15) is 5.26 Å². The van der Waals surface area contributed by atoms with Crippen molar-refractivity contribution in [1.82, 2.24) is 19.6 Å². The summed E-state index contributed by atoms with van der Waals surface area (Å²) in [6, 6.07) is 5.95. The Balaban J connectivity index is 2.08. The number of nitriles is 1. The topological polar surface area (TPSA) is 105 Å². The van der Waals surface area contributed by atoms with Crippen LogP contribution in [0.25, 0.3) is 16.5 Å². The molecule has 0 fully saturated rings. The largest absolute Gasteiger partial charge is 0.382 e. The van der Waals surface area contributed by atoms with E-state index in [2.05, 4.69) is 33.4 Å². The lowest BCUT2D eigenvalue weighted by atomic mass is 10.3. The Morgan fingerprint density at radius 2 is 2.32 bits per heavy atom. The summed E-state index contributed by atoms with van der Waals surface area (Å²) in [5.74, 6) is 1.66. The molecule has 0 aliphatic rings. The van der Waals surface area contributed by atoms with Gasteiger partial charge in [-0.15, -0.1) is 16.4 Å². The molecule has 0 aliphatic carbocycles. The van der Waals surface area contributed by atoms with E-state index < -0.39 is 0 Å². The minimum Gasteiger partial charge on any atom is -0.382 e. The SMILES string of the molecule is CCCCNc1nc2nc(-c3cccs3)nn2c(N)c1C#N. The minimum atomic E-state index is 0.252. The summed E-state index contributed by atoms with van der Waals surface area (Å²) < 4.78 is 1.42. The van der Waals surface area contributed by atoms with E-state index in [4.69, 9.17) is 5.73 Å². The lowest BCUT2D eigenvalue weighted by Gasteiger charge is -2.08. The van der Waals surface area contributed by atoms with Gasteiger partial charge in [0.15, 0.2) is 17.5 Å². The standard InChI is InChI=1S/C14H15N7S/c1-2-3-6-17-12-9(8-15)11(16)21-14(18-12)19-13(20-21)10-5-4-7-22-10/h4-5,7H,2-3,6,16H2,1H3,(H,17,18,19,20). The van der Waals surface area contributed by atoms with Gasteiger partial charge in [0.2, 0.25) is 0 Å². The summed E-state index contributed by atoms with van der Waals surface area (Å²) in [7, 11) is 0. The van der Waals surface area contributed by atoms with Gasteiger partial charge in [0, 0.05) is 6.54 Å². The first-order valence-corrected chi connectivity index (χ1v) is 7.86. The van der Waals surface area contributed by atoms with Crippen molar-refractivity contribution in [1.29, 1.82) is 5.26 Å². The van der Waals surface area contributed by atoms with Crippen LogP contribution < -0.4 is 11.1 Å². The van der Waals surface area contributed by atoms with Crippen LogP contribution in [0.5, 0.6) is 0 Å². The van der Waals surface area contributed by atoms with Crippen molar-refractivity contribution in [3.63, 3.8) is 0 Å². The molecule has 3 aromatic heterocycles. The van der Waals surface area contributed by atoms with E-state index in [1.165, 1.54) is 4.52 Å². The Hall–Kier alpha value is -2.66. The number of aromatic nitrogens is 4. The Morgan fingerprint density at radius 1 is 1.45 bits per heavy atom. The predicted molar refractivity (Wildman–Crippen MR) is 86.6 cm³/mol. The number of fused-ring (bicyclic) bond motifs is 1. The molecule has 7 nitrogen and oxygen atoms in total. The number of hydrogen-bond donors (Lipinski definition) is 2. The zero-order valence-corrected chi connectivity index (χ0v) is 12.9. The van der Waals surface area contributed by atoms with Crippen LogP contribution in [0.3, 0.4) is 0 Å². The third-order valence-electron chi connectivity index (χ3n) is 3.20. The fourth-order valence-corrected chi connectivity index (χ4v) is 2.71. The fourth-order valence-electron chi connectivity index (χ4n) is 2.05. The van der Waals surface area contributed by atoms with Gasteiger partial charge < -0.3 is 11.1 Å². The van der Waals surface area contributed by atoms with E-state index in [1.807, 2.05) is 17.5 Å². The number of hydrogen-bond acceptors (Lipinski definition) is 7. The van der Waals surface area contributed by atoms with Crippen LogP contribution in [-0.4, -0.2) is 26.1 Å². The molecule has 8 heteroatoms. The van der Waals surface area contributed by atoms with Crippen LogP contribution in [0.4, 0.5) is 11.6 Å². The summed E-state index contributed by atoms with van der Waals surface area (Å²) in [5, 5.41) is 18.8. The molecule has 0 radical (unpaired) electrons. The number of nitrogens with one attached hydrogen (secondary N) is 1. The van der Waals surface area contributed by atoms with E-state index >= 15 is 0 Å². The highest BCUT2D eigenvalue weighted by molar-refractivity contribution is 7.13. The zero-order chi connectivity index (χ0) is 15.5. The average molecular weight is 313 g/mol. The van der Waals surface area contributed by atoms with Gasteiger partial charge in [0.1, 0.15) is 11.6 Å². The summed E-state index contributed by atoms with van der Waals surface area (Å²) in [4.78, 5) is 9.73. The van der Waals surface area contributed by atoms with Crippen LogP contribution in [0.1, 0.15) is 25.3 Å². The average Bonchev–Trinajstić information content (AvgIpc) is 3.16. The van der Waals surface area contributed by atoms with E-state index in [1.54, 1.807) is 11.3 Å². The van der Waals surface area contributed by atoms with Gasteiger partial charge in [-0.1, -0.05) is 19.4 Å². The molecule has 0 aromatic carbocycles. The number of thiophene rings is 1. The van der Waals surface area contributed by atoms with Crippen LogP contribution >= 0.6 is 11.3 Å². The number of nitrogens with two attached hydrogens (primary N) is 1. The maximum absolute atomic E-state index is 9.34. The van der Waals surface area contributed by atoms with Crippen molar-refractivity contribution >= 4 is 28.8 Å². The van der Waals surface area contributed by atoms with Crippen molar-refractivity contribution < 1.29 is 0 Å². The second kappa shape index (κ2) is 5.99. The number of rotatable bonds is 5. The molecule has 0 unspecified atom stereocenters. The predicted octanol–water partition coefficient (Wildman–Crippen LogP) is 2.52. The fraction of sp³-hybridized carbons (Fsp3) is 0.286. The first kappa shape index (κ1) is 14.3. The van der Waals surface area contributed by atoms with Crippen LogP contribution in [-0.2, 0) is 0 Å². The maximum atomic E-state index is 9.34. The van der Waals surface area contributed by atoms with E-state index in [-0.39, 0.29) is 5.82 Å². The van der Waals surface area contributed by atoms with Gasteiger partial charge in [0.05, 0.1) is 4.88 Å². The molecule has 3 heterocycles. The van der Waals surface area contributed by atoms with Crippen LogP contribution in [0.2, 0.25) is 0 Å².